The van der Waals surface area contributed by atoms with Crippen LogP contribution in [0.15, 0.2) is 42.5 Å². The van der Waals surface area contributed by atoms with Gasteiger partial charge in [0.1, 0.15) is 11.0 Å². The summed E-state index contributed by atoms with van der Waals surface area (Å²) < 4.78 is 15.1. The molecule has 3 rings (SSSR count). The molecule has 164 valence electrons. The lowest BCUT2D eigenvalue weighted by Crippen LogP contribution is -2.19. The number of nitrogens with zero attached hydrogens (tertiary/aromatic N) is 2. The third-order valence-electron chi connectivity index (χ3n) is 4.93. The molecule has 0 aliphatic carbocycles. The van der Waals surface area contributed by atoms with E-state index < -0.39 is 24.6 Å². The van der Waals surface area contributed by atoms with Crippen LogP contribution in [0.25, 0.3) is 22.9 Å². The molecular weight excluding hydrogens is 423 g/mol. The molecule has 8 heteroatoms. The van der Waals surface area contributed by atoms with Crippen LogP contribution in [0.3, 0.4) is 0 Å². The number of aliphatic hydroxyl groups is 2. The molecule has 0 fully saturated rings. The summed E-state index contributed by atoms with van der Waals surface area (Å²) in [6, 6.07) is 9.54. The number of aromatic nitrogens is 2. The number of aliphatic carboxylic acids is 1. The Morgan fingerprint density at radius 3 is 2.48 bits per heavy atom. The minimum Gasteiger partial charge on any atom is -0.481 e. The summed E-state index contributed by atoms with van der Waals surface area (Å²) in [5.41, 5.74) is 3.72. The van der Waals surface area contributed by atoms with Crippen LogP contribution in [0.5, 0.6) is 0 Å². The van der Waals surface area contributed by atoms with E-state index in [1.165, 1.54) is 18.2 Å². The molecule has 3 aromatic rings. The van der Waals surface area contributed by atoms with Crippen LogP contribution < -0.4 is 0 Å². The molecule has 0 amide bonds. The third-order valence-corrected chi connectivity index (χ3v) is 5.22. The number of carboxylic acids is 1. The highest BCUT2D eigenvalue weighted by atomic mass is 35.5. The summed E-state index contributed by atoms with van der Waals surface area (Å²) in [6.07, 6.45) is 0.435. The molecule has 3 N–H and O–H groups in total. The fourth-order valence-corrected chi connectivity index (χ4v) is 3.77. The summed E-state index contributed by atoms with van der Waals surface area (Å²) in [4.78, 5) is 10.7. The Hall–Kier alpha value is -2.74. The van der Waals surface area contributed by atoms with E-state index in [1.54, 1.807) is 28.8 Å². The van der Waals surface area contributed by atoms with Crippen molar-refractivity contribution in [3.63, 3.8) is 0 Å². The highest BCUT2D eigenvalue weighted by Crippen LogP contribution is 2.34. The molecule has 2 aromatic heterocycles. The lowest BCUT2D eigenvalue weighted by Gasteiger charge is -2.18. The van der Waals surface area contributed by atoms with E-state index in [2.05, 4.69) is 5.10 Å². The maximum absolute atomic E-state index is 13.5. The Morgan fingerprint density at radius 2 is 1.87 bits per heavy atom. The van der Waals surface area contributed by atoms with Crippen LogP contribution >= 0.6 is 11.6 Å². The molecule has 0 radical (unpaired) electrons. The van der Waals surface area contributed by atoms with Crippen LogP contribution in [-0.4, -0.2) is 43.1 Å². The predicted octanol–water partition coefficient (Wildman–Crippen LogP) is 4.52. The smallest absolute Gasteiger partial charge is 0.305 e. The summed E-state index contributed by atoms with van der Waals surface area (Å²) >= 11 is 6.32. The van der Waals surface area contributed by atoms with Gasteiger partial charge in [0.05, 0.1) is 29.8 Å². The lowest BCUT2D eigenvalue weighted by molar-refractivity contribution is -0.139. The first-order valence-corrected chi connectivity index (χ1v) is 10.3. The Kier molecular flexibility index (Phi) is 7.10. The van der Waals surface area contributed by atoms with Gasteiger partial charge in [0, 0.05) is 17.5 Å². The van der Waals surface area contributed by atoms with E-state index >= 15 is 0 Å². The monoisotopic (exact) mass is 446 g/mol. The fraction of sp³-hybridized carbons (Fsp3) is 0.304. The Morgan fingerprint density at radius 1 is 1.19 bits per heavy atom. The highest BCUT2D eigenvalue weighted by Gasteiger charge is 2.20. The van der Waals surface area contributed by atoms with Gasteiger partial charge < -0.3 is 15.3 Å². The molecule has 0 unspecified atom stereocenters. The van der Waals surface area contributed by atoms with Crippen molar-refractivity contribution in [1.29, 1.82) is 0 Å². The van der Waals surface area contributed by atoms with Crippen molar-refractivity contribution in [2.45, 2.75) is 44.8 Å². The second kappa shape index (κ2) is 9.60. The summed E-state index contributed by atoms with van der Waals surface area (Å²) in [7, 11) is 0. The van der Waals surface area contributed by atoms with Gasteiger partial charge in [-0.3, -0.25) is 4.79 Å². The van der Waals surface area contributed by atoms with Crippen LogP contribution in [0.2, 0.25) is 5.15 Å². The van der Waals surface area contributed by atoms with Gasteiger partial charge in [0.25, 0.3) is 0 Å². The Bertz CT molecular complexity index is 1110. The van der Waals surface area contributed by atoms with E-state index in [9.17, 15) is 19.4 Å². The number of fused-ring (bicyclic) bond motifs is 1. The second-order valence-electron chi connectivity index (χ2n) is 7.70. The van der Waals surface area contributed by atoms with Crippen LogP contribution in [0.4, 0.5) is 4.39 Å². The Labute approximate surface area is 184 Å². The fourth-order valence-electron chi connectivity index (χ4n) is 3.57. The molecule has 0 saturated heterocycles. The van der Waals surface area contributed by atoms with E-state index in [1.807, 2.05) is 19.9 Å². The van der Waals surface area contributed by atoms with Crippen LogP contribution in [0, 0.1) is 5.82 Å². The topological polar surface area (TPSA) is 95.1 Å². The SMILES string of the molecule is CC(C)c1c(/C=C/[C@@H](O)C[C@@H](O)CC(=O)O)c(-c2ccc(F)cc2)nn2c(Cl)ccc12. The zero-order valence-electron chi connectivity index (χ0n) is 17.2. The largest absolute Gasteiger partial charge is 0.481 e. The van der Waals surface area contributed by atoms with Crippen molar-refractivity contribution in [3.05, 3.63) is 64.6 Å². The third kappa shape index (κ3) is 5.31. The van der Waals surface area contributed by atoms with Crippen LogP contribution in [-0.2, 0) is 4.79 Å². The van der Waals surface area contributed by atoms with Crippen molar-refractivity contribution in [2.75, 3.05) is 0 Å². The van der Waals surface area contributed by atoms with Gasteiger partial charge in [-0.25, -0.2) is 8.91 Å². The van der Waals surface area contributed by atoms with Gasteiger partial charge in [-0.1, -0.05) is 37.6 Å². The van der Waals surface area contributed by atoms with Crippen molar-refractivity contribution < 1.29 is 24.5 Å². The quantitative estimate of drug-likeness (QED) is 0.473. The molecule has 31 heavy (non-hydrogen) atoms. The number of carbonyl (C=O) groups is 1. The number of halogens is 2. The maximum atomic E-state index is 13.5. The minimum absolute atomic E-state index is 0.0741. The number of rotatable bonds is 8. The van der Waals surface area contributed by atoms with Gasteiger partial charge in [0.2, 0.25) is 0 Å². The first-order chi connectivity index (χ1) is 14.7. The van der Waals surface area contributed by atoms with Crippen molar-refractivity contribution in [1.82, 2.24) is 9.61 Å². The van der Waals surface area contributed by atoms with Gasteiger partial charge in [-0.15, -0.1) is 0 Å². The van der Waals surface area contributed by atoms with E-state index in [-0.39, 0.29) is 18.2 Å². The zero-order valence-corrected chi connectivity index (χ0v) is 17.9. The molecule has 0 spiro atoms. The standard InChI is InChI=1S/C23H24ClFN2O4/c1-13(2)22-18(8-7-16(28)11-17(29)12-21(30)31)23(14-3-5-15(25)6-4-14)26-27-19(22)9-10-20(27)24/h3-10,13,16-17,28-29H,11-12H2,1-2H3,(H,30,31)/b8-7+/t16-,17-/m1/s1. The first kappa shape index (κ1) is 22.9. The predicted molar refractivity (Wildman–Crippen MR) is 118 cm³/mol. The van der Waals surface area contributed by atoms with E-state index in [0.29, 0.717) is 16.4 Å². The lowest BCUT2D eigenvalue weighted by atomic mass is 9.93. The maximum Gasteiger partial charge on any atom is 0.305 e. The highest BCUT2D eigenvalue weighted by molar-refractivity contribution is 6.30. The molecule has 0 bridgehead atoms. The van der Waals surface area contributed by atoms with Gasteiger partial charge in [0.15, 0.2) is 0 Å². The zero-order chi connectivity index (χ0) is 22.7. The average Bonchev–Trinajstić information content (AvgIpc) is 3.05. The number of hydrogen-bond donors (Lipinski definition) is 3. The Balaban J connectivity index is 2.11. The average molecular weight is 447 g/mol. The summed E-state index contributed by atoms with van der Waals surface area (Å²) in [6.45, 7) is 4.05. The van der Waals surface area contributed by atoms with E-state index in [4.69, 9.17) is 16.7 Å². The molecule has 2 heterocycles. The number of carboxylic acid groups (broad SMARTS) is 1. The minimum atomic E-state index is -1.16. The normalized spacial score (nSPS) is 13.9. The van der Waals surface area contributed by atoms with Gasteiger partial charge >= 0.3 is 5.97 Å². The van der Waals surface area contributed by atoms with Gasteiger partial charge in [-0.2, -0.15) is 5.10 Å². The molecule has 0 aliphatic heterocycles. The van der Waals surface area contributed by atoms with Crippen molar-refractivity contribution >= 4 is 29.2 Å². The number of benzene rings is 1. The van der Waals surface area contributed by atoms with Crippen molar-refractivity contribution in [2.24, 2.45) is 0 Å². The summed E-state index contributed by atoms with van der Waals surface area (Å²) in [5, 5.41) is 34.0. The van der Waals surface area contributed by atoms with Crippen molar-refractivity contribution in [3.8, 4) is 11.3 Å². The van der Waals surface area contributed by atoms with Gasteiger partial charge in [-0.05, 0) is 47.9 Å². The number of hydrogen-bond acceptors (Lipinski definition) is 4. The first-order valence-electron chi connectivity index (χ1n) is 9.90. The molecule has 2 atom stereocenters. The number of aliphatic hydroxyl groups excluding tert-OH is 2. The second-order valence-corrected chi connectivity index (χ2v) is 8.09. The summed E-state index contributed by atoms with van der Waals surface area (Å²) in [5.74, 6) is -1.43. The molecule has 0 aliphatic rings. The van der Waals surface area contributed by atoms with Crippen LogP contribution in [0.1, 0.15) is 43.7 Å². The van der Waals surface area contributed by atoms with E-state index in [0.717, 1.165) is 16.6 Å². The molecular formula is C23H24ClFN2O4. The molecule has 1 aromatic carbocycles. The molecule has 6 nitrogen and oxygen atoms in total. The molecule has 0 saturated carbocycles.